The lowest BCUT2D eigenvalue weighted by molar-refractivity contribution is 0.0995. The molecule has 0 fully saturated rings. The van der Waals surface area contributed by atoms with Gasteiger partial charge >= 0.3 is 0 Å². The molecule has 1 amide bonds. The molecule has 0 saturated carbocycles. The first kappa shape index (κ1) is 11.3. The number of nitrogens with zero attached hydrogens (tertiary/aromatic N) is 2. The first-order valence-corrected chi connectivity index (χ1v) is 5.42. The maximum absolute atomic E-state index is 11.3. The van der Waals surface area contributed by atoms with E-state index < -0.39 is 0 Å². The molecule has 0 aromatic heterocycles. The molecule has 0 radical (unpaired) electrons. The molecule has 0 spiro atoms. The Bertz CT molecular complexity index is 374. The summed E-state index contributed by atoms with van der Waals surface area (Å²) in [5.74, 6) is -0.364. The summed E-state index contributed by atoms with van der Waals surface area (Å²) in [6.07, 6.45) is 0. The van der Waals surface area contributed by atoms with E-state index in [2.05, 4.69) is 42.1 Å². The highest BCUT2D eigenvalue weighted by Gasteiger charge is 2.01. The number of hydrogen-bond acceptors (Lipinski definition) is 2. The monoisotopic (exact) mass is 316 g/mol. The van der Waals surface area contributed by atoms with Gasteiger partial charge in [0, 0.05) is 10.5 Å². The third kappa shape index (κ3) is 3.51. The van der Waals surface area contributed by atoms with Crippen LogP contribution in [-0.4, -0.2) is 5.91 Å². The van der Waals surface area contributed by atoms with Gasteiger partial charge in [-0.15, -0.1) is 10.2 Å². The summed E-state index contributed by atoms with van der Waals surface area (Å²) in [4.78, 5) is 12.9. The minimum atomic E-state index is -0.364. The maximum Gasteiger partial charge on any atom is 0.295 e. The van der Waals surface area contributed by atoms with Gasteiger partial charge in [-0.25, -0.2) is 0 Å². The molecule has 0 bridgehead atoms. The lowest BCUT2D eigenvalue weighted by Crippen LogP contribution is -1.92. The topological polar surface area (TPSA) is 41.8 Å². The number of benzene rings is 1. The molecule has 1 aromatic carbocycles. The number of carbonyl (C=O) groups is 1. The zero-order valence-corrected chi connectivity index (χ0v) is 10.2. The average molecular weight is 318 g/mol. The molecule has 1 rings (SSSR count). The van der Waals surface area contributed by atoms with Crippen LogP contribution in [0.15, 0.2) is 50.2 Å². The molecule has 0 heterocycles. The van der Waals surface area contributed by atoms with Crippen molar-refractivity contribution in [2.45, 2.75) is 0 Å². The fourth-order valence-corrected chi connectivity index (χ4v) is 0.924. The van der Waals surface area contributed by atoms with Crippen molar-refractivity contribution in [2.24, 2.45) is 10.2 Å². The van der Waals surface area contributed by atoms with Crippen molar-refractivity contribution in [1.82, 2.24) is 0 Å². The van der Waals surface area contributed by atoms with Crippen LogP contribution < -0.4 is 0 Å². The largest absolute Gasteiger partial charge is 0.295 e. The van der Waals surface area contributed by atoms with Crippen molar-refractivity contribution in [3.63, 3.8) is 0 Å². The fraction of sp³-hybridized carbons (Fsp3) is 0. The molecule has 0 saturated heterocycles. The standard InChI is InChI=1S/C9H6Br2N2O/c10-6-8(11)12-13-9(14)7-4-2-1-3-5-7/h1-6H/b8-6+,13-12+. The number of azo groups is 1. The molecule has 5 heteroatoms. The smallest absolute Gasteiger partial charge is 0.265 e. The molecule has 72 valence electrons. The van der Waals surface area contributed by atoms with Gasteiger partial charge in [-0.3, -0.25) is 4.79 Å². The van der Waals surface area contributed by atoms with E-state index in [1.165, 1.54) is 4.99 Å². The van der Waals surface area contributed by atoms with Crippen molar-refractivity contribution in [3.05, 3.63) is 45.5 Å². The van der Waals surface area contributed by atoms with E-state index >= 15 is 0 Å². The Balaban J connectivity index is 2.74. The van der Waals surface area contributed by atoms with Crippen LogP contribution in [0, 0.1) is 0 Å². The molecular formula is C9H6Br2N2O. The highest BCUT2D eigenvalue weighted by atomic mass is 79.9. The number of rotatable bonds is 2. The summed E-state index contributed by atoms with van der Waals surface area (Å²) < 4.78 is 0.460. The van der Waals surface area contributed by atoms with Crippen molar-refractivity contribution in [1.29, 1.82) is 0 Å². The van der Waals surface area contributed by atoms with Gasteiger partial charge < -0.3 is 0 Å². The van der Waals surface area contributed by atoms with Crippen LogP contribution in [0.3, 0.4) is 0 Å². The second-order valence-electron chi connectivity index (χ2n) is 2.30. The first-order chi connectivity index (χ1) is 6.74. The van der Waals surface area contributed by atoms with Gasteiger partial charge in [-0.2, -0.15) is 0 Å². The maximum atomic E-state index is 11.3. The van der Waals surface area contributed by atoms with Gasteiger partial charge in [0.15, 0.2) is 0 Å². The Hall–Kier alpha value is -0.810. The molecule has 0 aliphatic heterocycles. The Morgan fingerprint density at radius 1 is 1.21 bits per heavy atom. The van der Waals surface area contributed by atoms with E-state index in [-0.39, 0.29) is 5.91 Å². The zero-order valence-electron chi connectivity index (χ0n) is 7.02. The van der Waals surface area contributed by atoms with Crippen molar-refractivity contribution >= 4 is 37.8 Å². The van der Waals surface area contributed by atoms with E-state index in [0.29, 0.717) is 10.2 Å². The lowest BCUT2D eigenvalue weighted by Gasteiger charge is -1.91. The van der Waals surface area contributed by atoms with Crippen LogP contribution in [0.25, 0.3) is 0 Å². The third-order valence-corrected chi connectivity index (χ3v) is 2.78. The highest BCUT2D eigenvalue weighted by Crippen LogP contribution is 2.10. The highest BCUT2D eigenvalue weighted by molar-refractivity contribution is 9.14. The molecule has 14 heavy (non-hydrogen) atoms. The summed E-state index contributed by atoms with van der Waals surface area (Å²) >= 11 is 6.13. The molecule has 3 nitrogen and oxygen atoms in total. The summed E-state index contributed by atoms with van der Waals surface area (Å²) in [5, 5.41) is 7.13. The van der Waals surface area contributed by atoms with Crippen LogP contribution in [0.2, 0.25) is 0 Å². The van der Waals surface area contributed by atoms with Gasteiger partial charge in [0.25, 0.3) is 5.91 Å². The Morgan fingerprint density at radius 2 is 1.86 bits per heavy atom. The van der Waals surface area contributed by atoms with Crippen LogP contribution >= 0.6 is 31.9 Å². The minimum absolute atomic E-state index is 0.364. The SMILES string of the molecule is O=C(/N=N/C(Br)=C/Br)c1ccccc1. The number of halogens is 2. The van der Waals surface area contributed by atoms with E-state index in [4.69, 9.17) is 0 Å². The number of hydrogen-bond donors (Lipinski definition) is 0. The summed E-state index contributed by atoms with van der Waals surface area (Å²) in [7, 11) is 0. The van der Waals surface area contributed by atoms with Crippen LogP contribution in [0.5, 0.6) is 0 Å². The van der Waals surface area contributed by atoms with Crippen LogP contribution in [0.1, 0.15) is 10.4 Å². The molecule has 0 N–H and O–H groups in total. The first-order valence-electron chi connectivity index (χ1n) is 3.71. The third-order valence-electron chi connectivity index (χ3n) is 1.35. The van der Waals surface area contributed by atoms with E-state index in [9.17, 15) is 4.79 Å². The Labute approximate surface area is 98.2 Å². The number of carbonyl (C=O) groups excluding carboxylic acids is 1. The van der Waals surface area contributed by atoms with E-state index in [1.807, 2.05) is 6.07 Å². The molecule has 0 atom stereocenters. The fourth-order valence-electron chi connectivity index (χ4n) is 0.753. The van der Waals surface area contributed by atoms with Crippen molar-refractivity contribution in [2.75, 3.05) is 0 Å². The summed E-state index contributed by atoms with van der Waals surface area (Å²) in [6.45, 7) is 0. The van der Waals surface area contributed by atoms with E-state index in [0.717, 1.165) is 0 Å². The predicted octanol–water partition coefficient (Wildman–Crippen LogP) is 3.87. The molecule has 1 aromatic rings. The minimum Gasteiger partial charge on any atom is -0.265 e. The van der Waals surface area contributed by atoms with Gasteiger partial charge in [-0.05, 0) is 28.1 Å². The van der Waals surface area contributed by atoms with Crippen molar-refractivity contribution < 1.29 is 4.79 Å². The molecular weight excluding hydrogens is 312 g/mol. The van der Waals surface area contributed by atoms with Gasteiger partial charge in [0.2, 0.25) is 0 Å². The van der Waals surface area contributed by atoms with Gasteiger partial charge in [0.1, 0.15) is 4.61 Å². The van der Waals surface area contributed by atoms with Gasteiger partial charge in [0.05, 0.1) is 0 Å². The summed E-state index contributed by atoms with van der Waals surface area (Å²) in [5.41, 5.74) is 0.520. The van der Waals surface area contributed by atoms with Crippen LogP contribution in [-0.2, 0) is 0 Å². The Morgan fingerprint density at radius 3 is 2.43 bits per heavy atom. The van der Waals surface area contributed by atoms with E-state index in [1.54, 1.807) is 24.3 Å². The normalized spacial score (nSPS) is 12.0. The van der Waals surface area contributed by atoms with Crippen molar-refractivity contribution in [3.8, 4) is 0 Å². The second-order valence-corrected chi connectivity index (χ2v) is 3.57. The lowest BCUT2D eigenvalue weighted by atomic mass is 10.2. The average Bonchev–Trinajstić information content (AvgIpc) is 2.26. The van der Waals surface area contributed by atoms with Gasteiger partial charge in [-0.1, -0.05) is 34.1 Å². The molecule has 0 aliphatic rings. The predicted molar refractivity (Wildman–Crippen MR) is 61.6 cm³/mol. The quantitative estimate of drug-likeness (QED) is 0.603. The molecule has 0 unspecified atom stereocenters. The molecule has 0 aliphatic carbocycles. The zero-order chi connectivity index (χ0) is 10.4. The van der Waals surface area contributed by atoms with Crippen LogP contribution in [0.4, 0.5) is 0 Å². The summed E-state index contributed by atoms with van der Waals surface area (Å²) in [6, 6.07) is 8.76. The second kappa shape index (κ2) is 5.82. The number of amides is 1. The Kier molecular flexibility index (Phi) is 4.69.